The minimum atomic E-state index is -1.51. The summed E-state index contributed by atoms with van der Waals surface area (Å²) in [6, 6.07) is 22.9. The van der Waals surface area contributed by atoms with Crippen molar-refractivity contribution < 1.29 is 4.89 Å². The summed E-state index contributed by atoms with van der Waals surface area (Å²) in [5, 5.41) is 1.66. The Kier molecular flexibility index (Phi) is 4.10. The third-order valence-corrected chi connectivity index (χ3v) is 5.08. The van der Waals surface area contributed by atoms with Crippen molar-refractivity contribution in [3.63, 3.8) is 0 Å². The van der Waals surface area contributed by atoms with E-state index in [2.05, 4.69) is 0 Å². The maximum absolute atomic E-state index is 10.8. The van der Waals surface area contributed by atoms with Crippen LogP contribution in [0, 0.1) is 0 Å². The molecule has 22 heavy (non-hydrogen) atoms. The molecular weight excluding hydrogens is 291 g/mol. The summed E-state index contributed by atoms with van der Waals surface area (Å²) >= 11 is 0. The van der Waals surface area contributed by atoms with Crippen LogP contribution in [0.25, 0.3) is 11.1 Å². The molecule has 0 aliphatic carbocycles. The van der Waals surface area contributed by atoms with Gasteiger partial charge in [0.25, 0.3) is 0 Å². The zero-order valence-electron chi connectivity index (χ0n) is 12.0. The predicted octanol–water partition coefficient (Wildman–Crippen LogP) is 2.86. The Morgan fingerprint density at radius 2 is 1.50 bits per heavy atom. The van der Waals surface area contributed by atoms with Crippen LogP contribution in [0.1, 0.15) is 0 Å². The molecule has 4 heteroatoms. The third-order valence-electron chi connectivity index (χ3n) is 3.48. The lowest BCUT2D eigenvalue weighted by molar-refractivity contribution is 0.645. The summed E-state index contributed by atoms with van der Waals surface area (Å²) in [6.07, 6.45) is 0. The van der Waals surface area contributed by atoms with E-state index >= 15 is 0 Å². The van der Waals surface area contributed by atoms with Crippen LogP contribution in [-0.2, 0) is 0 Å². The highest BCUT2D eigenvalue weighted by Gasteiger charge is 2.18. The molecule has 3 nitrogen and oxygen atoms in total. The molecule has 3 rings (SSSR count). The summed E-state index contributed by atoms with van der Waals surface area (Å²) in [5.41, 5.74) is 15.2. The lowest BCUT2D eigenvalue weighted by Crippen LogP contribution is -2.15. The van der Waals surface area contributed by atoms with Crippen LogP contribution < -0.4 is 22.1 Å². The van der Waals surface area contributed by atoms with Crippen molar-refractivity contribution in [2.45, 2.75) is 0 Å². The zero-order valence-corrected chi connectivity index (χ0v) is 12.9. The fourth-order valence-electron chi connectivity index (χ4n) is 2.45. The smallest absolute Gasteiger partial charge is 0.0885 e. The van der Waals surface area contributed by atoms with Crippen molar-refractivity contribution in [3.05, 3.63) is 72.8 Å². The molecule has 5 N–H and O–H groups in total. The van der Waals surface area contributed by atoms with Crippen LogP contribution >= 0.6 is 8.15 Å². The minimum Gasteiger partial charge on any atom is -0.399 e. The first-order valence-corrected chi connectivity index (χ1v) is 8.25. The maximum atomic E-state index is 10.8. The summed E-state index contributed by atoms with van der Waals surface area (Å²) in [7, 11) is -1.51. The van der Waals surface area contributed by atoms with Crippen LogP contribution in [0.4, 0.5) is 11.4 Å². The maximum Gasteiger partial charge on any atom is 0.0885 e. The Bertz CT molecular complexity index is 790. The number of anilines is 2. The molecule has 110 valence electrons. The van der Waals surface area contributed by atoms with Gasteiger partial charge in [-0.1, -0.05) is 54.6 Å². The number of hydrogen-bond donors (Lipinski definition) is 3. The molecule has 0 aliphatic rings. The van der Waals surface area contributed by atoms with E-state index in [4.69, 9.17) is 11.5 Å². The molecule has 0 heterocycles. The average Bonchev–Trinajstić information content (AvgIpc) is 2.55. The van der Waals surface area contributed by atoms with E-state index in [1.807, 2.05) is 72.8 Å². The number of benzene rings is 3. The van der Waals surface area contributed by atoms with Gasteiger partial charge in [-0.05, 0) is 23.8 Å². The summed E-state index contributed by atoms with van der Waals surface area (Å²) < 4.78 is 0. The molecule has 0 amide bonds. The van der Waals surface area contributed by atoms with Gasteiger partial charge in [-0.15, -0.1) is 0 Å². The molecule has 0 saturated heterocycles. The first-order valence-electron chi connectivity index (χ1n) is 6.95. The minimum absolute atomic E-state index is 0.643. The SMILES string of the molecule is Nc1cccc(P(O)c2cccc(N)c2-c2ccccc2)c1. The van der Waals surface area contributed by atoms with Crippen molar-refractivity contribution >= 4 is 30.1 Å². The van der Waals surface area contributed by atoms with E-state index in [1.165, 1.54) is 0 Å². The molecule has 0 aromatic heterocycles. The molecule has 3 aromatic carbocycles. The molecule has 0 spiro atoms. The summed E-state index contributed by atoms with van der Waals surface area (Å²) in [4.78, 5) is 10.8. The monoisotopic (exact) mass is 308 g/mol. The predicted molar refractivity (Wildman–Crippen MR) is 95.6 cm³/mol. The van der Waals surface area contributed by atoms with Crippen molar-refractivity contribution in [2.24, 2.45) is 0 Å². The van der Waals surface area contributed by atoms with Gasteiger partial charge in [0.1, 0.15) is 0 Å². The van der Waals surface area contributed by atoms with Crippen LogP contribution in [-0.4, -0.2) is 4.89 Å². The van der Waals surface area contributed by atoms with Gasteiger partial charge in [0, 0.05) is 27.5 Å². The van der Waals surface area contributed by atoms with Crippen LogP contribution in [0.3, 0.4) is 0 Å². The topological polar surface area (TPSA) is 72.3 Å². The highest BCUT2D eigenvalue weighted by atomic mass is 31.1. The lowest BCUT2D eigenvalue weighted by Gasteiger charge is -2.18. The van der Waals surface area contributed by atoms with Crippen LogP contribution in [0.2, 0.25) is 0 Å². The molecule has 1 unspecified atom stereocenters. The highest BCUT2D eigenvalue weighted by molar-refractivity contribution is 7.68. The second-order valence-corrected chi connectivity index (χ2v) is 6.64. The molecule has 0 fully saturated rings. The van der Waals surface area contributed by atoms with Gasteiger partial charge < -0.3 is 16.4 Å². The summed E-state index contributed by atoms with van der Waals surface area (Å²) in [5.74, 6) is 0. The van der Waals surface area contributed by atoms with Gasteiger partial charge in [-0.2, -0.15) is 0 Å². The van der Waals surface area contributed by atoms with Crippen LogP contribution in [0.15, 0.2) is 72.8 Å². The Hall–Kier alpha value is -2.35. The standard InChI is InChI=1S/C18H17N2OP/c19-14-8-4-9-15(12-14)22(21)17-11-5-10-16(20)18(17)13-6-2-1-3-7-13/h1-12,21H,19-20H2. The Labute approximate surface area is 131 Å². The Morgan fingerprint density at radius 3 is 2.23 bits per heavy atom. The van der Waals surface area contributed by atoms with E-state index in [0.29, 0.717) is 11.4 Å². The molecular formula is C18H17N2OP. The number of nitrogens with two attached hydrogens (primary N) is 2. The first kappa shape index (κ1) is 14.6. The van der Waals surface area contributed by atoms with Gasteiger partial charge in [0.2, 0.25) is 0 Å². The molecule has 0 aliphatic heterocycles. The summed E-state index contributed by atoms with van der Waals surface area (Å²) in [6.45, 7) is 0. The quantitative estimate of drug-likeness (QED) is 0.514. The zero-order chi connectivity index (χ0) is 15.5. The van der Waals surface area contributed by atoms with Crippen molar-refractivity contribution in [2.75, 3.05) is 11.5 Å². The number of rotatable bonds is 3. The Morgan fingerprint density at radius 1 is 0.773 bits per heavy atom. The molecule has 0 saturated carbocycles. The van der Waals surface area contributed by atoms with E-state index in [9.17, 15) is 4.89 Å². The van der Waals surface area contributed by atoms with Crippen molar-refractivity contribution in [1.29, 1.82) is 0 Å². The normalized spacial score (nSPS) is 12.0. The van der Waals surface area contributed by atoms with E-state index < -0.39 is 8.15 Å². The fourth-order valence-corrected chi connectivity index (χ4v) is 3.92. The molecule has 3 aromatic rings. The fraction of sp³-hybridized carbons (Fsp3) is 0. The van der Waals surface area contributed by atoms with Gasteiger partial charge in [0.15, 0.2) is 0 Å². The van der Waals surface area contributed by atoms with E-state index in [-0.39, 0.29) is 0 Å². The largest absolute Gasteiger partial charge is 0.399 e. The molecule has 1 atom stereocenters. The van der Waals surface area contributed by atoms with Crippen molar-refractivity contribution in [1.82, 2.24) is 0 Å². The molecule has 0 radical (unpaired) electrons. The Balaban J connectivity index is 2.14. The second kappa shape index (κ2) is 6.18. The van der Waals surface area contributed by atoms with Gasteiger partial charge in [0.05, 0.1) is 8.15 Å². The average molecular weight is 308 g/mol. The second-order valence-electron chi connectivity index (χ2n) is 5.01. The van der Waals surface area contributed by atoms with Crippen molar-refractivity contribution in [3.8, 4) is 11.1 Å². The highest BCUT2D eigenvalue weighted by Crippen LogP contribution is 2.36. The van der Waals surface area contributed by atoms with Gasteiger partial charge in [-0.25, -0.2) is 0 Å². The third kappa shape index (κ3) is 2.82. The van der Waals surface area contributed by atoms with Crippen LogP contribution in [0.5, 0.6) is 0 Å². The van der Waals surface area contributed by atoms with Gasteiger partial charge >= 0.3 is 0 Å². The van der Waals surface area contributed by atoms with E-state index in [1.54, 1.807) is 0 Å². The molecule has 0 bridgehead atoms. The number of hydrogen-bond acceptors (Lipinski definition) is 3. The first-order chi connectivity index (χ1) is 10.7. The number of nitrogen functional groups attached to an aromatic ring is 2. The lowest BCUT2D eigenvalue weighted by atomic mass is 10.0. The van der Waals surface area contributed by atoms with Gasteiger partial charge in [-0.3, -0.25) is 0 Å². The van der Waals surface area contributed by atoms with E-state index in [0.717, 1.165) is 21.7 Å².